The van der Waals surface area contributed by atoms with Crippen LogP contribution in [-0.2, 0) is 4.79 Å². The first-order valence-electron chi connectivity index (χ1n) is 7.69. The molecule has 0 spiro atoms. The molecule has 1 aromatic rings. The normalized spacial score (nSPS) is 33.0. The van der Waals surface area contributed by atoms with Gasteiger partial charge in [0.05, 0.1) is 0 Å². The number of amides is 1. The number of piperidine rings is 1. The molecule has 2 N–H and O–H groups in total. The van der Waals surface area contributed by atoms with Crippen LogP contribution in [0.15, 0.2) is 24.3 Å². The molecule has 3 heteroatoms. The number of nitrogens with zero attached hydrogens (tertiary/aromatic N) is 1. The summed E-state index contributed by atoms with van der Waals surface area (Å²) in [7, 11) is 0. The highest BCUT2D eigenvalue weighted by molar-refractivity contribution is 5.83. The second kappa shape index (κ2) is 5.21. The summed E-state index contributed by atoms with van der Waals surface area (Å²) >= 11 is 0. The maximum atomic E-state index is 12.7. The fraction of sp³-hybridized carbons (Fsp3) is 0.588. The number of nitrogens with two attached hydrogens (primary N) is 1. The van der Waals surface area contributed by atoms with Crippen molar-refractivity contribution in [3.05, 3.63) is 35.4 Å². The Balaban J connectivity index is 1.67. The quantitative estimate of drug-likeness (QED) is 0.899. The highest BCUT2D eigenvalue weighted by atomic mass is 16.2. The Labute approximate surface area is 121 Å². The van der Waals surface area contributed by atoms with E-state index in [9.17, 15) is 4.79 Å². The Morgan fingerprint density at radius 2 is 2.05 bits per heavy atom. The molecule has 3 rings (SSSR count). The summed E-state index contributed by atoms with van der Waals surface area (Å²) in [6.45, 7) is 5.10. The Bertz CT molecular complexity index is 513. The van der Waals surface area contributed by atoms with Crippen molar-refractivity contribution in [2.45, 2.75) is 51.1 Å². The summed E-state index contributed by atoms with van der Waals surface area (Å²) in [5.41, 5.74) is 8.64. The Hall–Kier alpha value is -1.35. The van der Waals surface area contributed by atoms with Crippen LogP contribution in [0.1, 0.15) is 43.2 Å². The molecule has 1 saturated carbocycles. The summed E-state index contributed by atoms with van der Waals surface area (Å²) < 4.78 is 0. The van der Waals surface area contributed by atoms with E-state index in [1.54, 1.807) is 0 Å². The van der Waals surface area contributed by atoms with Gasteiger partial charge in [0.1, 0.15) is 0 Å². The molecule has 0 aromatic heterocycles. The van der Waals surface area contributed by atoms with Crippen LogP contribution in [0.4, 0.5) is 0 Å². The van der Waals surface area contributed by atoms with Crippen LogP contribution in [0.5, 0.6) is 0 Å². The van der Waals surface area contributed by atoms with Crippen molar-refractivity contribution in [2.75, 3.05) is 6.54 Å². The molecule has 3 nitrogen and oxygen atoms in total. The van der Waals surface area contributed by atoms with E-state index in [-0.39, 0.29) is 12.0 Å². The van der Waals surface area contributed by atoms with E-state index in [2.05, 4.69) is 43.0 Å². The monoisotopic (exact) mass is 272 g/mol. The second-order valence-electron chi connectivity index (χ2n) is 6.47. The van der Waals surface area contributed by atoms with Gasteiger partial charge in [-0.15, -0.1) is 0 Å². The van der Waals surface area contributed by atoms with Crippen molar-refractivity contribution in [1.29, 1.82) is 0 Å². The molecule has 2 aliphatic rings. The minimum atomic E-state index is 0.202. The van der Waals surface area contributed by atoms with E-state index in [1.807, 2.05) is 0 Å². The summed E-state index contributed by atoms with van der Waals surface area (Å²) in [5.74, 6) is 0.983. The molecule has 1 saturated heterocycles. The third-order valence-corrected chi connectivity index (χ3v) is 4.90. The summed E-state index contributed by atoms with van der Waals surface area (Å²) in [6.07, 6.45) is 2.89. The molecule has 1 aliphatic carbocycles. The third-order valence-electron chi connectivity index (χ3n) is 4.90. The number of aryl methyl sites for hydroxylation is 1. The number of hydrogen-bond donors (Lipinski definition) is 1. The van der Waals surface area contributed by atoms with Gasteiger partial charge in [-0.25, -0.2) is 0 Å². The van der Waals surface area contributed by atoms with Gasteiger partial charge in [0.25, 0.3) is 0 Å². The predicted octanol–water partition coefficient (Wildman–Crippen LogP) is 2.44. The summed E-state index contributed by atoms with van der Waals surface area (Å²) in [4.78, 5) is 14.7. The fourth-order valence-corrected chi connectivity index (χ4v) is 3.56. The maximum absolute atomic E-state index is 12.7. The lowest BCUT2D eigenvalue weighted by Crippen LogP contribution is -2.49. The molecule has 1 aliphatic heterocycles. The topological polar surface area (TPSA) is 46.3 Å². The Morgan fingerprint density at radius 3 is 2.75 bits per heavy atom. The van der Waals surface area contributed by atoms with Crippen LogP contribution in [0, 0.1) is 12.8 Å². The Kier molecular flexibility index (Phi) is 3.55. The number of likely N-dealkylation sites (tertiary alicyclic amines) is 1. The lowest BCUT2D eigenvalue weighted by molar-refractivity contribution is -0.136. The van der Waals surface area contributed by atoms with Crippen molar-refractivity contribution in [3.63, 3.8) is 0 Å². The molecule has 0 radical (unpaired) electrons. The van der Waals surface area contributed by atoms with Crippen molar-refractivity contribution in [1.82, 2.24) is 4.90 Å². The molecule has 1 heterocycles. The number of benzene rings is 1. The maximum Gasteiger partial charge on any atom is 0.226 e. The van der Waals surface area contributed by atoms with Gasteiger partial charge in [-0.2, -0.15) is 0 Å². The summed E-state index contributed by atoms with van der Waals surface area (Å²) in [5, 5.41) is 0. The van der Waals surface area contributed by atoms with Gasteiger partial charge in [-0.1, -0.05) is 24.3 Å². The van der Waals surface area contributed by atoms with E-state index in [0.717, 1.165) is 25.8 Å². The van der Waals surface area contributed by atoms with Gasteiger partial charge in [0.2, 0.25) is 5.91 Å². The third kappa shape index (κ3) is 2.47. The smallest absolute Gasteiger partial charge is 0.226 e. The molecule has 1 amide bonds. The molecule has 0 bridgehead atoms. The van der Waals surface area contributed by atoms with E-state index < -0.39 is 0 Å². The highest BCUT2D eigenvalue weighted by Gasteiger charge is 2.47. The SMILES string of the molecule is Cc1ccccc1[C@@H]1C[C@@H]1C(=O)N1CC[C@@H](N)C[C@@H]1C. The molecule has 0 unspecified atom stereocenters. The summed E-state index contributed by atoms with van der Waals surface area (Å²) in [6, 6.07) is 9.00. The van der Waals surface area contributed by atoms with Gasteiger partial charge in [-0.05, 0) is 50.2 Å². The first-order chi connectivity index (χ1) is 9.58. The zero-order valence-corrected chi connectivity index (χ0v) is 12.4. The largest absolute Gasteiger partial charge is 0.340 e. The van der Waals surface area contributed by atoms with Crippen LogP contribution in [0.3, 0.4) is 0 Å². The zero-order valence-electron chi connectivity index (χ0n) is 12.4. The highest BCUT2D eigenvalue weighted by Crippen LogP contribution is 2.49. The second-order valence-corrected chi connectivity index (χ2v) is 6.47. The van der Waals surface area contributed by atoms with Gasteiger partial charge in [0.15, 0.2) is 0 Å². The molecule has 108 valence electrons. The van der Waals surface area contributed by atoms with Gasteiger partial charge >= 0.3 is 0 Å². The molecule has 4 atom stereocenters. The van der Waals surface area contributed by atoms with Gasteiger partial charge < -0.3 is 10.6 Å². The Morgan fingerprint density at radius 1 is 1.30 bits per heavy atom. The van der Waals surface area contributed by atoms with Crippen LogP contribution >= 0.6 is 0 Å². The minimum absolute atomic E-state index is 0.202. The number of rotatable bonds is 2. The average molecular weight is 272 g/mol. The van der Waals surface area contributed by atoms with Crippen molar-refractivity contribution >= 4 is 5.91 Å². The van der Waals surface area contributed by atoms with Crippen LogP contribution in [0.2, 0.25) is 0 Å². The number of hydrogen-bond acceptors (Lipinski definition) is 2. The van der Waals surface area contributed by atoms with Crippen molar-refractivity contribution in [3.8, 4) is 0 Å². The zero-order chi connectivity index (χ0) is 14.3. The lowest BCUT2D eigenvalue weighted by Gasteiger charge is -2.36. The number of carbonyl (C=O) groups is 1. The van der Waals surface area contributed by atoms with E-state index in [1.165, 1.54) is 11.1 Å². The van der Waals surface area contributed by atoms with E-state index in [4.69, 9.17) is 5.73 Å². The molecule has 2 fully saturated rings. The fourth-order valence-electron chi connectivity index (χ4n) is 3.56. The molecule has 1 aromatic carbocycles. The van der Waals surface area contributed by atoms with Gasteiger partial charge in [-0.3, -0.25) is 4.79 Å². The first-order valence-corrected chi connectivity index (χ1v) is 7.69. The van der Waals surface area contributed by atoms with Crippen molar-refractivity contribution < 1.29 is 4.79 Å². The average Bonchev–Trinajstić information content (AvgIpc) is 3.19. The van der Waals surface area contributed by atoms with Crippen LogP contribution in [0.25, 0.3) is 0 Å². The molecular formula is C17H24N2O. The first kappa shape index (κ1) is 13.6. The predicted molar refractivity (Wildman–Crippen MR) is 80.4 cm³/mol. The molecular weight excluding hydrogens is 248 g/mol. The van der Waals surface area contributed by atoms with E-state index >= 15 is 0 Å². The number of carbonyl (C=O) groups excluding carboxylic acids is 1. The minimum Gasteiger partial charge on any atom is -0.340 e. The van der Waals surface area contributed by atoms with Crippen LogP contribution < -0.4 is 5.73 Å². The van der Waals surface area contributed by atoms with Gasteiger partial charge in [0, 0.05) is 24.5 Å². The van der Waals surface area contributed by atoms with E-state index in [0.29, 0.717) is 17.9 Å². The van der Waals surface area contributed by atoms with Crippen LogP contribution in [-0.4, -0.2) is 29.4 Å². The van der Waals surface area contributed by atoms with Crippen molar-refractivity contribution in [2.24, 2.45) is 11.7 Å². The lowest BCUT2D eigenvalue weighted by atomic mass is 9.98. The standard InChI is InChI=1S/C17H24N2O/c1-11-5-3-4-6-14(11)15-10-16(15)17(20)19-8-7-13(18)9-12(19)2/h3-6,12-13,15-16H,7-10,18H2,1-2H3/t12-,13+,15-,16-/m0/s1. The molecule has 20 heavy (non-hydrogen) atoms.